The van der Waals surface area contributed by atoms with Crippen molar-refractivity contribution in [2.45, 2.75) is 32.7 Å². The Balaban J connectivity index is 1.52. The Kier molecular flexibility index (Phi) is 9.29. The van der Waals surface area contributed by atoms with Crippen LogP contribution in [0.1, 0.15) is 32.8 Å². The van der Waals surface area contributed by atoms with Crippen LogP contribution in [0.15, 0.2) is 30.5 Å². The highest BCUT2D eigenvalue weighted by atomic mass is 35.5. The number of nitrogens with one attached hydrogen (secondary N) is 1. The van der Waals surface area contributed by atoms with Crippen molar-refractivity contribution in [2.24, 2.45) is 0 Å². The molecule has 1 aliphatic heterocycles. The van der Waals surface area contributed by atoms with Crippen LogP contribution in [0.2, 0.25) is 10.0 Å². The highest BCUT2D eigenvalue weighted by molar-refractivity contribution is 6.37. The Morgan fingerprint density at radius 2 is 1.69 bits per heavy atom. The van der Waals surface area contributed by atoms with Crippen LogP contribution in [-0.2, 0) is 0 Å². The number of halogens is 2. The second-order valence-corrected chi connectivity index (χ2v) is 11.3. The van der Waals surface area contributed by atoms with Gasteiger partial charge >= 0.3 is 0 Å². The normalized spacial score (nSPS) is 14.7. The van der Waals surface area contributed by atoms with Gasteiger partial charge in [0.2, 0.25) is 0 Å². The van der Waals surface area contributed by atoms with Gasteiger partial charge in [0.1, 0.15) is 11.8 Å². The minimum absolute atomic E-state index is 0.209. The van der Waals surface area contributed by atoms with Crippen LogP contribution in [0.5, 0.6) is 17.2 Å². The number of anilines is 2. The minimum Gasteiger partial charge on any atom is -0.495 e. The van der Waals surface area contributed by atoms with E-state index in [1.165, 1.54) is 13.3 Å². The van der Waals surface area contributed by atoms with Gasteiger partial charge in [-0.2, -0.15) is 5.26 Å². The molecule has 1 N–H and O–H groups in total. The summed E-state index contributed by atoms with van der Waals surface area (Å²) in [5.74, 6) is 1.63. The van der Waals surface area contributed by atoms with Gasteiger partial charge in [-0.05, 0) is 39.3 Å². The molecule has 1 aromatic heterocycles. The lowest BCUT2D eigenvalue weighted by atomic mass is 10.0. The maximum Gasteiger partial charge on any atom is 0.162 e. The number of fused-ring (bicyclic) bond motifs is 1. The second-order valence-electron chi connectivity index (χ2n) is 10.5. The second kappa shape index (κ2) is 12.5. The first-order chi connectivity index (χ1) is 18.6. The Morgan fingerprint density at radius 1 is 0.974 bits per heavy atom. The van der Waals surface area contributed by atoms with E-state index in [4.69, 9.17) is 37.4 Å². The van der Waals surface area contributed by atoms with Gasteiger partial charge in [0.15, 0.2) is 11.5 Å². The first-order valence-electron chi connectivity index (χ1n) is 13.0. The molecule has 2 heterocycles. The number of hydrogen-bond donors (Lipinski definition) is 1. The fourth-order valence-corrected chi connectivity index (χ4v) is 5.23. The molecular formula is C29H35Cl2N5O3. The summed E-state index contributed by atoms with van der Waals surface area (Å²) >= 11 is 12.7. The molecule has 2 aromatic carbocycles. The van der Waals surface area contributed by atoms with E-state index in [1.807, 2.05) is 12.1 Å². The summed E-state index contributed by atoms with van der Waals surface area (Å²) in [5, 5.41) is 14.6. The Hall–Kier alpha value is -2.96. The van der Waals surface area contributed by atoms with E-state index in [0.717, 1.165) is 39.1 Å². The molecule has 1 saturated heterocycles. The van der Waals surface area contributed by atoms with Crippen LogP contribution in [0.25, 0.3) is 10.9 Å². The Bertz CT molecular complexity index is 1360. The van der Waals surface area contributed by atoms with E-state index in [2.05, 4.69) is 46.9 Å². The standard InChI is InChI=1S/C29H35Cl2N5O3/c1-29(2,3)36-10-8-35(9-11-36)7-6-12-39-27-13-20-23(15-26(27)38-5)33-18-19(17-32)28(20)34-24-16-25(37-4)22(31)14-21(24)30/h13-16,18H,6-12H2,1-5H3,(H,33,34). The molecule has 208 valence electrons. The number of ether oxygens (including phenoxy) is 3. The van der Waals surface area contributed by atoms with E-state index >= 15 is 0 Å². The molecule has 0 saturated carbocycles. The summed E-state index contributed by atoms with van der Waals surface area (Å²) in [6.45, 7) is 12.6. The zero-order chi connectivity index (χ0) is 28.2. The van der Waals surface area contributed by atoms with Crippen molar-refractivity contribution in [1.29, 1.82) is 5.26 Å². The van der Waals surface area contributed by atoms with Crippen molar-refractivity contribution in [1.82, 2.24) is 14.8 Å². The number of rotatable bonds is 9. The number of pyridine rings is 1. The fraction of sp³-hybridized carbons (Fsp3) is 0.448. The maximum absolute atomic E-state index is 9.83. The molecule has 1 fully saturated rings. The molecule has 0 aliphatic carbocycles. The Morgan fingerprint density at radius 3 is 2.33 bits per heavy atom. The van der Waals surface area contributed by atoms with E-state index in [0.29, 0.717) is 61.7 Å². The molecule has 39 heavy (non-hydrogen) atoms. The summed E-state index contributed by atoms with van der Waals surface area (Å²) in [6, 6.07) is 9.17. The van der Waals surface area contributed by atoms with Crippen LogP contribution in [0.3, 0.4) is 0 Å². The number of nitrogens with zero attached hydrogens (tertiary/aromatic N) is 4. The van der Waals surface area contributed by atoms with E-state index in [-0.39, 0.29) is 5.54 Å². The molecule has 0 spiro atoms. The minimum atomic E-state index is 0.209. The zero-order valence-electron chi connectivity index (χ0n) is 23.1. The number of nitriles is 1. The number of piperazine rings is 1. The average Bonchev–Trinajstić information content (AvgIpc) is 2.92. The van der Waals surface area contributed by atoms with Crippen LogP contribution >= 0.6 is 23.2 Å². The molecule has 10 heteroatoms. The van der Waals surface area contributed by atoms with E-state index in [9.17, 15) is 5.26 Å². The predicted molar refractivity (Wildman–Crippen MR) is 157 cm³/mol. The molecule has 0 amide bonds. The molecule has 3 aromatic rings. The lowest BCUT2D eigenvalue weighted by Gasteiger charge is -2.42. The zero-order valence-corrected chi connectivity index (χ0v) is 24.6. The Labute approximate surface area is 240 Å². The highest BCUT2D eigenvalue weighted by Crippen LogP contribution is 2.40. The first kappa shape index (κ1) is 29.0. The van der Waals surface area contributed by atoms with Crippen molar-refractivity contribution in [3.05, 3.63) is 46.1 Å². The van der Waals surface area contributed by atoms with Crippen molar-refractivity contribution < 1.29 is 14.2 Å². The third-order valence-corrected chi connectivity index (χ3v) is 7.58. The maximum atomic E-state index is 9.83. The van der Waals surface area contributed by atoms with Gasteiger partial charge in [-0.15, -0.1) is 0 Å². The van der Waals surface area contributed by atoms with Gasteiger partial charge in [-0.25, -0.2) is 0 Å². The molecule has 0 radical (unpaired) electrons. The van der Waals surface area contributed by atoms with Gasteiger partial charge in [-0.1, -0.05) is 23.2 Å². The van der Waals surface area contributed by atoms with Crippen molar-refractivity contribution in [2.75, 3.05) is 58.9 Å². The molecule has 1 aliphatic rings. The summed E-state index contributed by atoms with van der Waals surface area (Å²) in [5.41, 5.74) is 2.32. The fourth-order valence-electron chi connectivity index (χ4n) is 4.72. The summed E-state index contributed by atoms with van der Waals surface area (Å²) in [4.78, 5) is 9.48. The average molecular weight is 573 g/mol. The lowest BCUT2D eigenvalue weighted by molar-refractivity contribution is 0.0601. The summed E-state index contributed by atoms with van der Waals surface area (Å²) < 4.78 is 17.1. The number of benzene rings is 2. The number of aromatic nitrogens is 1. The first-order valence-corrected chi connectivity index (χ1v) is 13.7. The van der Waals surface area contributed by atoms with Gasteiger partial charge in [0, 0.05) is 62.0 Å². The number of hydrogen-bond acceptors (Lipinski definition) is 8. The largest absolute Gasteiger partial charge is 0.495 e. The number of methoxy groups -OCH3 is 2. The molecule has 4 rings (SSSR count). The summed E-state index contributed by atoms with van der Waals surface area (Å²) in [6.07, 6.45) is 2.41. The molecule has 0 bridgehead atoms. The van der Waals surface area contributed by atoms with Crippen LogP contribution in [-0.4, -0.2) is 73.9 Å². The quantitative estimate of drug-likeness (QED) is 0.297. The van der Waals surface area contributed by atoms with Gasteiger partial charge in [0.05, 0.1) is 53.3 Å². The summed E-state index contributed by atoms with van der Waals surface area (Å²) in [7, 11) is 3.13. The molecule has 0 atom stereocenters. The smallest absolute Gasteiger partial charge is 0.162 e. The van der Waals surface area contributed by atoms with Crippen molar-refractivity contribution >= 4 is 45.5 Å². The highest BCUT2D eigenvalue weighted by Gasteiger charge is 2.25. The monoisotopic (exact) mass is 571 g/mol. The predicted octanol–water partition coefficient (Wildman–Crippen LogP) is 6.36. The SMILES string of the molecule is COc1cc(Nc2c(C#N)cnc3cc(OC)c(OCCCN4CCN(C(C)(C)C)CC4)cc23)c(Cl)cc1Cl. The molecule has 8 nitrogen and oxygen atoms in total. The van der Waals surface area contributed by atoms with Crippen LogP contribution < -0.4 is 19.5 Å². The van der Waals surface area contributed by atoms with Crippen LogP contribution in [0.4, 0.5) is 11.4 Å². The van der Waals surface area contributed by atoms with E-state index in [1.54, 1.807) is 19.2 Å². The molecule has 0 unspecified atom stereocenters. The van der Waals surface area contributed by atoms with Gasteiger partial charge in [-0.3, -0.25) is 9.88 Å². The van der Waals surface area contributed by atoms with Crippen molar-refractivity contribution in [3.8, 4) is 23.3 Å². The van der Waals surface area contributed by atoms with Gasteiger partial charge in [0.25, 0.3) is 0 Å². The third kappa shape index (κ3) is 6.79. The third-order valence-electron chi connectivity index (χ3n) is 6.97. The molecular weight excluding hydrogens is 537 g/mol. The topological polar surface area (TPSA) is 82.9 Å². The van der Waals surface area contributed by atoms with Gasteiger partial charge < -0.3 is 24.4 Å². The van der Waals surface area contributed by atoms with E-state index < -0.39 is 0 Å². The lowest BCUT2D eigenvalue weighted by Crippen LogP contribution is -2.53. The van der Waals surface area contributed by atoms with Crippen LogP contribution in [0, 0.1) is 11.3 Å². The van der Waals surface area contributed by atoms with Crippen molar-refractivity contribution in [3.63, 3.8) is 0 Å².